The number of rotatable bonds is 51. The zero-order valence-corrected chi connectivity index (χ0v) is 44.2. The summed E-state index contributed by atoms with van der Waals surface area (Å²) in [5, 5.41) is 0. The average molecular weight is 936 g/mol. The molecular weight excluding hydrogens is 829 g/mol. The van der Waals surface area contributed by atoms with Gasteiger partial charge in [-0.2, -0.15) is 0 Å². The number of unbranched alkanes of at least 4 members (excludes halogenated alkanes) is 28. The molecule has 1 atom stereocenters. The van der Waals surface area contributed by atoms with E-state index in [0.717, 1.165) is 83.5 Å². The van der Waals surface area contributed by atoms with Gasteiger partial charge in [-0.25, -0.2) is 0 Å². The van der Waals surface area contributed by atoms with Crippen molar-refractivity contribution < 1.29 is 28.6 Å². The molecule has 0 bridgehead atoms. The van der Waals surface area contributed by atoms with Gasteiger partial charge in [0.05, 0.1) is 0 Å². The molecule has 0 fully saturated rings. The summed E-state index contributed by atoms with van der Waals surface area (Å²) in [6.45, 7) is 6.45. The Kier molecular flexibility index (Phi) is 52.8. The first-order valence-corrected chi connectivity index (χ1v) is 28.4. The van der Waals surface area contributed by atoms with Gasteiger partial charge in [-0.15, -0.1) is 0 Å². The smallest absolute Gasteiger partial charge is 0.306 e. The fraction of sp³-hybridized carbons (Fsp3) is 0.754. The third kappa shape index (κ3) is 53.7. The van der Waals surface area contributed by atoms with Crippen LogP contribution in [0.3, 0.4) is 0 Å². The van der Waals surface area contributed by atoms with E-state index in [0.29, 0.717) is 19.3 Å². The summed E-state index contributed by atoms with van der Waals surface area (Å²) >= 11 is 0. The Morgan fingerprint density at radius 3 is 0.940 bits per heavy atom. The largest absolute Gasteiger partial charge is 0.462 e. The van der Waals surface area contributed by atoms with E-state index in [1.807, 2.05) is 0 Å². The van der Waals surface area contributed by atoms with Crippen molar-refractivity contribution in [3.63, 3.8) is 0 Å². The third-order valence-electron chi connectivity index (χ3n) is 12.2. The van der Waals surface area contributed by atoms with Crippen LogP contribution in [0.5, 0.6) is 0 Å². The predicted molar refractivity (Wildman–Crippen MR) is 288 cm³/mol. The minimum atomic E-state index is -0.793. The second kappa shape index (κ2) is 55.4. The monoisotopic (exact) mass is 935 g/mol. The van der Waals surface area contributed by atoms with Crippen LogP contribution in [0.15, 0.2) is 72.9 Å². The predicted octanol–water partition coefficient (Wildman–Crippen LogP) is 19.0. The van der Waals surface area contributed by atoms with Crippen LogP contribution in [0.25, 0.3) is 0 Å². The number of carbonyl (C=O) groups is 3. The molecule has 0 amide bonds. The lowest BCUT2D eigenvalue weighted by Gasteiger charge is -2.18. The molecule has 0 heterocycles. The average Bonchev–Trinajstić information content (AvgIpc) is 3.33. The maximum atomic E-state index is 12.8. The minimum absolute atomic E-state index is 0.0904. The molecule has 0 aromatic rings. The fourth-order valence-electron chi connectivity index (χ4n) is 7.93. The van der Waals surface area contributed by atoms with Crippen LogP contribution in [-0.2, 0) is 28.6 Å². The Morgan fingerprint density at radius 1 is 0.313 bits per heavy atom. The van der Waals surface area contributed by atoms with Crippen molar-refractivity contribution >= 4 is 17.9 Å². The number of ether oxygens (including phenoxy) is 3. The normalized spacial score (nSPS) is 12.6. The standard InChI is InChI=1S/C61H106O6/c1-4-7-10-13-16-18-20-22-24-25-26-27-28-29-30-31-32-33-34-35-37-38-40-42-45-48-51-54-60(63)66-57-58(56-65-59(62)53-50-47-44-15-12-9-6-3)67-61(64)55-52-49-46-43-41-39-36-23-21-19-17-14-11-8-5-2/h8,11,17,19-20,22-23,25-26,36,41,43,58H,4-7,9-10,12-16,18,21,24,27-35,37-40,42,44-57H2,1-3H3/b11-8-,19-17-,22-20-,26-25-,36-23-,43-41-. The van der Waals surface area contributed by atoms with E-state index in [1.54, 1.807) is 0 Å². The van der Waals surface area contributed by atoms with E-state index in [1.165, 1.54) is 148 Å². The highest BCUT2D eigenvalue weighted by molar-refractivity contribution is 5.71. The van der Waals surface area contributed by atoms with Crippen molar-refractivity contribution in [2.75, 3.05) is 13.2 Å². The Balaban J connectivity index is 4.14. The summed E-state index contributed by atoms with van der Waals surface area (Å²) in [6, 6.07) is 0. The number of hydrogen-bond donors (Lipinski definition) is 0. The Labute approximate surface area is 414 Å². The van der Waals surface area contributed by atoms with E-state index >= 15 is 0 Å². The van der Waals surface area contributed by atoms with Gasteiger partial charge in [0.25, 0.3) is 0 Å². The molecule has 0 aliphatic rings. The van der Waals surface area contributed by atoms with Crippen LogP contribution in [0.1, 0.15) is 278 Å². The quantitative estimate of drug-likeness (QED) is 0.0262. The fourth-order valence-corrected chi connectivity index (χ4v) is 7.93. The van der Waals surface area contributed by atoms with Gasteiger partial charge in [-0.3, -0.25) is 14.4 Å². The third-order valence-corrected chi connectivity index (χ3v) is 12.2. The molecule has 0 radical (unpaired) electrons. The number of hydrogen-bond acceptors (Lipinski definition) is 6. The summed E-state index contributed by atoms with van der Waals surface area (Å²) < 4.78 is 16.7. The summed E-state index contributed by atoms with van der Waals surface area (Å²) in [6.07, 6.45) is 70.7. The molecule has 0 aliphatic heterocycles. The van der Waals surface area contributed by atoms with Crippen LogP contribution in [0.4, 0.5) is 0 Å². The van der Waals surface area contributed by atoms with E-state index in [9.17, 15) is 14.4 Å². The summed E-state index contributed by atoms with van der Waals surface area (Å²) in [5.74, 6) is -0.934. The Morgan fingerprint density at radius 2 is 0.582 bits per heavy atom. The van der Waals surface area contributed by atoms with Crippen LogP contribution < -0.4 is 0 Å². The van der Waals surface area contributed by atoms with Crippen molar-refractivity contribution in [1.82, 2.24) is 0 Å². The van der Waals surface area contributed by atoms with E-state index in [2.05, 4.69) is 93.7 Å². The van der Waals surface area contributed by atoms with Gasteiger partial charge < -0.3 is 14.2 Å². The van der Waals surface area contributed by atoms with Crippen molar-refractivity contribution in [2.24, 2.45) is 0 Å². The Bertz CT molecular complexity index is 1260. The van der Waals surface area contributed by atoms with Gasteiger partial charge in [0, 0.05) is 19.3 Å². The molecule has 0 aromatic heterocycles. The molecule has 0 N–H and O–H groups in total. The molecule has 0 saturated heterocycles. The summed E-state index contributed by atoms with van der Waals surface area (Å²) in [5.41, 5.74) is 0. The van der Waals surface area contributed by atoms with Gasteiger partial charge in [0.15, 0.2) is 6.10 Å². The highest BCUT2D eigenvalue weighted by Crippen LogP contribution is 2.16. The molecule has 1 unspecified atom stereocenters. The second-order valence-corrected chi connectivity index (χ2v) is 18.8. The first-order valence-electron chi connectivity index (χ1n) is 28.4. The van der Waals surface area contributed by atoms with Crippen molar-refractivity contribution in [2.45, 2.75) is 284 Å². The van der Waals surface area contributed by atoms with Crippen LogP contribution in [-0.4, -0.2) is 37.2 Å². The van der Waals surface area contributed by atoms with E-state index in [-0.39, 0.29) is 37.5 Å². The molecular formula is C61H106O6. The molecule has 6 heteroatoms. The van der Waals surface area contributed by atoms with Gasteiger partial charge >= 0.3 is 17.9 Å². The van der Waals surface area contributed by atoms with E-state index in [4.69, 9.17) is 14.2 Å². The molecule has 0 aliphatic carbocycles. The van der Waals surface area contributed by atoms with Gasteiger partial charge in [0.1, 0.15) is 13.2 Å². The first-order chi connectivity index (χ1) is 33.0. The van der Waals surface area contributed by atoms with Crippen LogP contribution in [0, 0.1) is 0 Å². The number of esters is 3. The molecule has 386 valence electrons. The minimum Gasteiger partial charge on any atom is -0.462 e. The molecule has 0 aromatic carbocycles. The maximum Gasteiger partial charge on any atom is 0.306 e. The lowest BCUT2D eigenvalue weighted by atomic mass is 10.0. The molecule has 0 rings (SSSR count). The zero-order valence-electron chi connectivity index (χ0n) is 44.2. The topological polar surface area (TPSA) is 78.9 Å². The first kappa shape index (κ1) is 63.8. The van der Waals surface area contributed by atoms with Crippen molar-refractivity contribution in [3.8, 4) is 0 Å². The maximum absolute atomic E-state index is 12.8. The second-order valence-electron chi connectivity index (χ2n) is 18.8. The summed E-state index contributed by atoms with van der Waals surface area (Å²) in [7, 11) is 0. The van der Waals surface area contributed by atoms with Crippen LogP contribution in [0.2, 0.25) is 0 Å². The van der Waals surface area contributed by atoms with E-state index < -0.39 is 6.10 Å². The number of allylic oxidation sites excluding steroid dienone is 12. The Hall–Kier alpha value is -3.15. The SMILES string of the molecule is CC/C=C\C/C=C\C/C=C\C/C=C\CCCCC(=O)OC(COC(=O)CCCCCCCCC)COC(=O)CCCCCCCCCCCCCCCCC/C=C\C/C=C\CCCCCCC. The number of carbonyl (C=O) groups excluding carboxylic acids is 3. The highest BCUT2D eigenvalue weighted by Gasteiger charge is 2.19. The molecule has 6 nitrogen and oxygen atoms in total. The zero-order chi connectivity index (χ0) is 48.6. The molecule has 67 heavy (non-hydrogen) atoms. The van der Waals surface area contributed by atoms with Gasteiger partial charge in [0.2, 0.25) is 0 Å². The van der Waals surface area contributed by atoms with Crippen molar-refractivity contribution in [3.05, 3.63) is 72.9 Å². The lowest BCUT2D eigenvalue weighted by Crippen LogP contribution is -2.30. The summed E-state index contributed by atoms with van der Waals surface area (Å²) in [4.78, 5) is 37.9. The van der Waals surface area contributed by atoms with Crippen LogP contribution >= 0.6 is 0 Å². The van der Waals surface area contributed by atoms with Gasteiger partial charge in [-0.05, 0) is 89.9 Å². The highest BCUT2D eigenvalue weighted by atomic mass is 16.6. The molecule has 0 spiro atoms. The van der Waals surface area contributed by atoms with Crippen molar-refractivity contribution in [1.29, 1.82) is 0 Å². The molecule has 0 saturated carbocycles. The lowest BCUT2D eigenvalue weighted by molar-refractivity contribution is -0.167. The van der Waals surface area contributed by atoms with Gasteiger partial charge in [-0.1, -0.05) is 241 Å².